The van der Waals surface area contributed by atoms with E-state index in [4.69, 9.17) is 10.5 Å². The van der Waals surface area contributed by atoms with Gasteiger partial charge in [-0.25, -0.2) is 0 Å². The van der Waals surface area contributed by atoms with Crippen LogP contribution < -0.4 is 5.73 Å². The molecule has 0 aliphatic carbocycles. The number of likely N-dealkylation sites (N-methyl/N-ethyl adjacent to an activating group) is 1. The predicted molar refractivity (Wildman–Crippen MR) is 66.2 cm³/mol. The van der Waals surface area contributed by atoms with Crippen LogP contribution in [0.2, 0.25) is 0 Å². The second-order valence-corrected chi connectivity index (χ2v) is 4.24. The molecule has 0 rings (SSSR count). The van der Waals surface area contributed by atoms with Crippen LogP contribution in [0.25, 0.3) is 0 Å². The Morgan fingerprint density at radius 2 is 2.06 bits per heavy atom. The standard InChI is InChI=1S/C12H26N2O2/c1-5-7-11(13)8-12(15)14(6-2)10(3)9-16-4/h10-11H,5-9,13H2,1-4H3. The molecule has 96 valence electrons. The highest BCUT2D eigenvalue weighted by molar-refractivity contribution is 5.77. The lowest BCUT2D eigenvalue weighted by Crippen LogP contribution is -2.43. The number of amides is 1. The largest absolute Gasteiger partial charge is 0.383 e. The van der Waals surface area contributed by atoms with Crippen LogP contribution in [0.1, 0.15) is 40.0 Å². The number of rotatable bonds is 8. The van der Waals surface area contributed by atoms with Gasteiger partial charge in [0.25, 0.3) is 0 Å². The van der Waals surface area contributed by atoms with Gasteiger partial charge in [0.1, 0.15) is 0 Å². The van der Waals surface area contributed by atoms with Gasteiger partial charge in [0.05, 0.1) is 12.6 Å². The average Bonchev–Trinajstić information content (AvgIpc) is 2.19. The minimum Gasteiger partial charge on any atom is -0.383 e. The Morgan fingerprint density at radius 1 is 1.44 bits per heavy atom. The molecule has 0 saturated heterocycles. The van der Waals surface area contributed by atoms with Gasteiger partial charge in [0.2, 0.25) is 5.91 Å². The van der Waals surface area contributed by atoms with Gasteiger partial charge in [-0.1, -0.05) is 13.3 Å². The Bertz CT molecular complexity index is 197. The Morgan fingerprint density at radius 3 is 2.50 bits per heavy atom. The fraction of sp³-hybridized carbons (Fsp3) is 0.917. The first-order valence-electron chi connectivity index (χ1n) is 6.10. The molecule has 1 amide bonds. The molecule has 0 bridgehead atoms. The fourth-order valence-electron chi connectivity index (χ4n) is 1.88. The van der Waals surface area contributed by atoms with Gasteiger partial charge in [-0.3, -0.25) is 4.79 Å². The number of nitrogens with zero attached hydrogens (tertiary/aromatic N) is 1. The summed E-state index contributed by atoms with van der Waals surface area (Å²) in [6.07, 6.45) is 2.37. The van der Waals surface area contributed by atoms with Crippen LogP contribution in [0, 0.1) is 0 Å². The minimum atomic E-state index is -0.0127. The lowest BCUT2D eigenvalue weighted by atomic mass is 10.1. The molecule has 0 saturated carbocycles. The Labute approximate surface area is 99.1 Å². The van der Waals surface area contributed by atoms with E-state index in [1.165, 1.54) is 0 Å². The summed E-state index contributed by atoms with van der Waals surface area (Å²) in [5.74, 6) is 0.132. The van der Waals surface area contributed by atoms with Crippen molar-refractivity contribution >= 4 is 5.91 Å². The van der Waals surface area contributed by atoms with Crippen molar-refractivity contribution in [3.63, 3.8) is 0 Å². The molecule has 4 nitrogen and oxygen atoms in total. The van der Waals surface area contributed by atoms with Crippen molar-refractivity contribution in [3.05, 3.63) is 0 Å². The zero-order valence-electron chi connectivity index (χ0n) is 11.0. The number of ether oxygens (including phenoxy) is 1. The predicted octanol–water partition coefficient (Wildman–Crippen LogP) is 1.39. The van der Waals surface area contributed by atoms with Gasteiger partial charge < -0.3 is 15.4 Å². The highest BCUT2D eigenvalue weighted by Crippen LogP contribution is 2.06. The third-order valence-corrected chi connectivity index (χ3v) is 2.70. The topological polar surface area (TPSA) is 55.6 Å². The number of carbonyl (C=O) groups excluding carboxylic acids is 1. The smallest absolute Gasteiger partial charge is 0.224 e. The second kappa shape index (κ2) is 8.53. The van der Waals surface area contributed by atoms with E-state index >= 15 is 0 Å². The van der Waals surface area contributed by atoms with Crippen molar-refractivity contribution in [1.29, 1.82) is 0 Å². The fourth-order valence-corrected chi connectivity index (χ4v) is 1.88. The molecule has 0 aliphatic rings. The molecular formula is C12H26N2O2. The van der Waals surface area contributed by atoms with Crippen molar-refractivity contribution in [2.45, 2.75) is 52.1 Å². The normalized spacial score (nSPS) is 14.6. The van der Waals surface area contributed by atoms with Crippen molar-refractivity contribution in [1.82, 2.24) is 4.90 Å². The molecule has 4 heteroatoms. The van der Waals surface area contributed by atoms with E-state index in [1.54, 1.807) is 7.11 Å². The third kappa shape index (κ3) is 5.47. The number of hydrogen-bond acceptors (Lipinski definition) is 3. The van der Waals surface area contributed by atoms with E-state index in [9.17, 15) is 4.79 Å². The SMILES string of the molecule is CCCC(N)CC(=O)N(CC)C(C)COC. The summed E-state index contributed by atoms with van der Waals surface area (Å²) in [6.45, 7) is 7.34. The van der Waals surface area contributed by atoms with Crippen LogP contribution in [-0.4, -0.2) is 43.2 Å². The molecule has 16 heavy (non-hydrogen) atoms. The summed E-state index contributed by atoms with van der Waals surface area (Å²) < 4.78 is 5.06. The average molecular weight is 230 g/mol. The van der Waals surface area contributed by atoms with Crippen LogP contribution in [0.15, 0.2) is 0 Å². The van der Waals surface area contributed by atoms with Crippen LogP contribution >= 0.6 is 0 Å². The van der Waals surface area contributed by atoms with Crippen molar-refractivity contribution in [2.75, 3.05) is 20.3 Å². The summed E-state index contributed by atoms with van der Waals surface area (Å²) in [7, 11) is 1.65. The molecule has 0 fully saturated rings. The Hall–Kier alpha value is -0.610. The molecule has 0 radical (unpaired) electrons. The molecule has 2 atom stereocenters. The molecule has 0 heterocycles. The highest BCUT2D eigenvalue weighted by Gasteiger charge is 2.19. The summed E-state index contributed by atoms with van der Waals surface area (Å²) in [5, 5.41) is 0. The van der Waals surface area contributed by atoms with Crippen LogP contribution in [-0.2, 0) is 9.53 Å². The summed E-state index contributed by atoms with van der Waals surface area (Å²) in [6, 6.07) is 0.109. The molecule has 2 N–H and O–H groups in total. The van der Waals surface area contributed by atoms with E-state index in [2.05, 4.69) is 6.92 Å². The highest BCUT2D eigenvalue weighted by atomic mass is 16.5. The van der Waals surface area contributed by atoms with Gasteiger partial charge in [-0.2, -0.15) is 0 Å². The maximum Gasteiger partial charge on any atom is 0.224 e. The first-order chi connectivity index (χ1) is 7.56. The molecule has 0 aromatic carbocycles. The van der Waals surface area contributed by atoms with Crippen LogP contribution in [0.3, 0.4) is 0 Å². The molecule has 0 spiro atoms. The van der Waals surface area contributed by atoms with Gasteiger partial charge in [-0.05, 0) is 20.3 Å². The molecule has 0 aromatic rings. The Balaban J connectivity index is 4.19. The van der Waals surface area contributed by atoms with Crippen molar-refractivity contribution in [2.24, 2.45) is 5.73 Å². The maximum atomic E-state index is 12.0. The van der Waals surface area contributed by atoms with Crippen molar-refractivity contribution < 1.29 is 9.53 Å². The third-order valence-electron chi connectivity index (χ3n) is 2.70. The summed E-state index contributed by atoms with van der Waals surface area (Å²) in [4.78, 5) is 13.8. The molecular weight excluding hydrogens is 204 g/mol. The molecule has 0 aromatic heterocycles. The van der Waals surface area contributed by atoms with E-state index in [1.807, 2.05) is 18.7 Å². The lowest BCUT2D eigenvalue weighted by molar-refractivity contribution is -0.134. The van der Waals surface area contributed by atoms with E-state index in [-0.39, 0.29) is 18.0 Å². The maximum absolute atomic E-state index is 12.0. The zero-order chi connectivity index (χ0) is 12.6. The van der Waals surface area contributed by atoms with E-state index < -0.39 is 0 Å². The number of methoxy groups -OCH3 is 1. The minimum absolute atomic E-state index is 0.0127. The first-order valence-corrected chi connectivity index (χ1v) is 6.10. The van der Waals surface area contributed by atoms with Gasteiger partial charge in [0, 0.05) is 26.1 Å². The monoisotopic (exact) mass is 230 g/mol. The molecule has 0 aliphatic heterocycles. The van der Waals surface area contributed by atoms with Gasteiger partial charge >= 0.3 is 0 Å². The summed E-state index contributed by atoms with van der Waals surface area (Å²) in [5.41, 5.74) is 5.87. The van der Waals surface area contributed by atoms with Crippen LogP contribution in [0.4, 0.5) is 0 Å². The zero-order valence-corrected chi connectivity index (χ0v) is 11.0. The summed E-state index contributed by atoms with van der Waals surface area (Å²) >= 11 is 0. The number of hydrogen-bond donors (Lipinski definition) is 1. The van der Waals surface area contributed by atoms with Gasteiger partial charge in [-0.15, -0.1) is 0 Å². The van der Waals surface area contributed by atoms with E-state index in [0.717, 1.165) is 12.8 Å². The quantitative estimate of drug-likeness (QED) is 0.685. The van der Waals surface area contributed by atoms with Crippen LogP contribution in [0.5, 0.6) is 0 Å². The van der Waals surface area contributed by atoms with Crippen molar-refractivity contribution in [3.8, 4) is 0 Å². The van der Waals surface area contributed by atoms with Gasteiger partial charge in [0.15, 0.2) is 0 Å². The van der Waals surface area contributed by atoms with E-state index in [0.29, 0.717) is 19.6 Å². The number of nitrogens with two attached hydrogens (primary N) is 1. The molecule has 2 unspecified atom stereocenters. The number of carbonyl (C=O) groups is 1. The second-order valence-electron chi connectivity index (χ2n) is 4.24. The Kier molecular flexibility index (Phi) is 8.21. The lowest BCUT2D eigenvalue weighted by Gasteiger charge is -2.28. The first kappa shape index (κ1) is 15.4.